The first-order chi connectivity index (χ1) is 10.1. The summed E-state index contributed by atoms with van der Waals surface area (Å²) in [5.41, 5.74) is 2.60. The van der Waals surface area contributed by atoms with Crippen LogP contribution in [0, 0.1) is 12.7 Å². The van der Waals surface area contributed by atoms with Crippen LogP contribution in [0.15, 0.2) is 48.5 Å². The second-order valence-corrected chi connectivity index (χ2v) is 5.97. The highest BCUT2D eigenvalue weighted by atomic mass is 19.1. The van der Waals surface area contributed by atoms with E-state index >= 15 is 0 Å². The van der Waals surface area contributed by atoms with Gasteiger partial charge in [-0.25, -0.2) is 4.39 Å². The maximum atomic E-state index is 13.2. The molecule has 108 valence electrons. The van der Waals surface area contributed by atoms with Crippen molar-refractivity contribution in [2.75, 3.05) is 0 Å². The maximum Gasteiger partial charge on any atom is 0.147 e. The molecule has 3 rings (SSSR count). The fourth-order valence-corrected chi connectivity index (χ4v) is 3.22. The second kappa shape index (κ2) is 5.44. The van der Waals surface area contributed by atoms with E-state index in [1.807, 2.05) is 25.1 Å². The van der Waals surface area contributed by atoms with Gasteiger partial charge in [0.15, 0.2) is 0 Å². The van der Waals surface area contributed by atoms with Crippen molar-refractivity contribution in [2.24, 2.45) is 0 Å². The Labute approximate surface area is 124 Å². The molecule has 0 radical (unpaired) electrons. The van der Waals surface area contributed by atoms with Crippen molar-refractivity contribution in [3.05, 3.63) is 71.0 Å². The van der Waals surface area contributed by atoms with E-state index in [2.05, 4.69) is 12.1 Å². The molecule has 21 heavy (non-hydrogen) atoms. The Kier molecular flexibility index (Phi) is 3.62. The van der Waals surface area contributed by atoms with Crippen molar-refractivity contribution >= 4 is 5.78 Å². The van der Waals surface area contributed by atoms with Crippen LogP contribution in [-0.2, 0) is 16.6 Å². The molecule has 0 bridgehead atoms. The lowest BCUT2D eigenvalue weighted by Crippen LogP contribution is -2.43. The molecule has 0 amide bonds. The monoisotopic (exact) mass is 282 g/mol. The number of Topliss-reactive ketones (excluding diaryl/α,β-unsaturated/α-hetero) is 1. The number of carbonyl (C=O) groups excluding carboxylic acids is 1. The van der Waals surface area contributed by atoms with E-state index in [1.165, 1.54) is 12.1 Å². The Morgan fingerprint density at radius 1 is 1.14 bits per heavy atom. The molecule has 1 fully saturated rings. The third-order valence-corrected chi connectivity index (χ3v) is 4.72. The molecular weight excluding hydrogens is 263 g/mol. The average molecular weight is 282 g/mol. The van der Waals surface area contributed by atoms with E-state index in [0.29, 0.717) is 6.42 Å². The number of halogens is 1. The average Bonchev–Trinajstić information content (AvgIpc) is 2.42. The first kappa shape index (κ1) is 14.0. The van der Waals surface area contributed by atoms with Gasteiger partial charge < -0.3 is 0 Å². The SMILES string of the molecule is Cc1cc(F)ccc1CC(=O)C1(c2ccccc2)CCC1. The van der Waals surface area contributed by atoms with Crippen LogP contribution in [0.5, 0.6) is 0 Å². The number of hydrogen-bond donors (Lipinski definition) is 0. The smallest absolute Gasteiger partial charge is 0.147 e. The van der Waals surface area contributed by atoms with Crippen molar-refractivity contribution in [1.82, 2.24) is 0 Å². The molecule has 0 heterocycles. The molecule has 2 aromatic carbocycles. The highest BCUT2D eigenvalue weighted by Gasteiger charge is 2.44. The predicted octanol–water partition coefficient (Wildman–Crippen LogP) is 4.37. The summed E-state index contributed by atoms with van der Waals surface area (Å²) in [7, 11) is 0. The third kappa shape index (κ3) is 2.51. The summed E-state index contributed by atoms with van der Waals surface area (Å²) in [6, 6.07) is 14.7. The first-order valence-corrected chi connectivity index (χ1v) is 7.46. The van der Waals surface area contributed by atoms with Crippen LogP contribution in [0.3, 0.4) is 0 Å². The number of benzene rings is 2. The van der Waals surface area contributed by atoms with Gasteiger partial charge >= 0.3 is 0 Å². The van der Waals surface area contributed by atoms with Gasteiger partial charge in [0.05, 0.1) is 5.41 Å². The molecular formula is C19H19FO. The lowest BCUT2D eigenvalue weighted by molar-refractivity contribution is -0.127. The first-order valence-electron chi connectivity index (χ1n) is 7.46. The molecule has 1 saturated carbocycles. The van der Waals surface area contributed by atoms with E-state index in [4.69, 9.17) is 0 Å². The van der Waals surface area contributed by atoms with Crippen LogP contribution in [0.2, 0.25) is 0 Å². The van der Waals surface area contributed by atoms with Gasteiger partial charge in [0, 0.05) is 6.42 Å². The zero-order chi connectivity index (χ0) is 14.9. The lowest BCUT2D eigenvalue weighted by atomic mass is 9.61. The standard InChI is InChI=1S/C19H19FO/c1-14-12-17(20)9-8-15(14)13-18(21)19(10-5-11-19)16-6-3-2-4-7-16/h2-4,6-9,12H,5,10-11,13H2,1H3. The van der Waals surface area contributed by atoms with Gasteiger partial charge in [-0.2, -0.15) is 0 Å². The molecule has 2 heteroatoms. The zero-order valence-electron chi connectivity index (χ0n) is 12.2. The second-order valence-electron chi connectivity index (χ2n) is 5.97. The number of rotatable bonds is 4. The molecule has 0 atom stereocenters. The van der Waals surface area contributed by atoms with Crippen molar-refractivity contribution in [3.8, 4) is 0 Å². The number of hydrogen-bond acceptors (Lipinski definition) is 1. The van der Waals surface area contributed by atoms with Crippen LogP contribution in [0.1, 0.15) is 36.0 Å². The van der Waals surface area contributed by atoms with Crippen molar-refractivity contribution in [1.29, 1.82) is 0 Å². The summed E-state index contributed by atoms with van der Waals surface area (Å²) >= 11 is 0. The van der Waals surface area contributed by atoms with Crippen molar-refractivity contribution in [3.63, 3.8) is 0 Å². The highest BCUT2D eigenvalue weighted by Crippen LogP contribution is 2.45. The summed E-state index contributed by atoms with van der Waals surface area (Å²) in [6.07, 6.45) is 3.34. The van der Waals surface area contributed by atoms with Gasteiger partial charge in [0.25, 0.3) is 0 Å². The topological polar surface area (TPSA) is 17.1 Å². The van der Waals surface area contributed by atoms with E-state index in [9.17, 15) is 9.18 Å². The lowest BCUT2D eigenvalue weighted by Gasteiger charge is -2.41. The van der Waals surface area contributed by atoms with Crippen molar-refractivity contribution in [2.45, 2.75) is 38.0 Å². The molecule has 2 aromatic rings. The van der Waals surface area contributed by atoms with Crippen molar-refractivity contribution < 1.29 is 9.18 Å². The van der Waals surface area contributed by atoms with Gasteiger partial charge in [-0.15, -0.1) is 0 Å². The van der Waals surface area contributed by atoms with Gasteiger partial charge in [0.2, 0.25) is 0 Å². The quantitative estimate of drug-likeness (QED) is 0.814. The Hall–Kier alpha value is -1.96. The van der Waals surface area contributed by atoms with Gasteiger partial charge in [0.1, 0.15) is 11.6 Å². The Morgan fingerprint density at radius 3 is 2.43 bits per heavy atom. The molecule has 0 saturated heterocycles. The maximum absolute atomic E-state index is 13.2. The van der Waals surface area contributed by atoms with Gasteiger partial charge in [-0.1, -0.05) is 42.8 Å². The van der Waals surface area contributed by atoms with E-state index < -0.39 is 0 Å². The molecule has 0 spiro atoms. The third-order valence-electron chi connectivity index (χ3n) is 4.72. The summed E-state index contributed by atoms with van der Waals surface area (Å²) in [6.45, 7) is 1.86. The molecule has 0 N–H and O–H groups in total. The molecule has 0 aliphatic heterocycles. The fraction of sp³-hybridized carbons (Fsp3) is 0.316. The van der Waals surface area contributed by atoms with Crippen LogP contribution < -0.4 is 0 Å². The summed E-state index contributed by atoms with van der Waals surface area (Å²) in [5, 5.41) is 0. The minimum absolute atomic E-state index is 0.245. The minimum atomic E-state index is -0.317. The highest BCUT2D eigenvalue weighted by molar-refractivity contribution is 5.92. The minimum Gasteiger partial charge on any atom is -0.298 e. The molecule has 1 aliphatic carbocycles. The molecule has 0 aromatic heterocycles. The zero-order valence-corrected chi connectivity index (χ0v) is 12.2. The number of carbonyl (C=O) groups is 1. The molecule has 1 nitrogen and oxygen atoms in total. The number of aryl methyl sites for hydroxylation is 1. The Morgan fingerprint density at radius 2 is 1.86 bits per heavy atom. The van der Waals surface area contributed by atoms with Crippen LogP contribution >= 0.6 is 0 Å². The normalized spacial score (nSPS) is 16.3. The molecule has 0 unspecified atom stereocenters. The predicted molar refractivity (Wildman–Crippen MR) is 81.8 cm³/mol. The van der Waals surface area contributed by atoms with E-state index in [1.54, 1.807) is 6.07 Å². The Bertz CT molecular complexity index is 657. The summed E-state index contributed by atoms with van der Waals surface area (Å²) in [4.78, 5) is 12.9. The van der Waals surface area contributed by atoms with E-state index in [0.717, 1.165) is 36.0 Å². The fourth-order valence-electron chi connectivity index (χ4n) is 3.22. The van der Waals surface area contributed by atoms with Gasteiger partial charge in [-0.05, 0) is 48.6 Å². The molecule has 1 aliphatic rings. The van der Waals surface area contributed by atoms with Crippen LogP contribution in [0.4, 0.5) is 4.39 Å². The van der Waals surface area contributed by atoms with Crippen LogP contribution in [0.25, 0.3) is 0 Å². The summed E-state index contributed by atoms with van der Waals surface area (Å²) < 4.78 is 13.2. The summed E-state index contributed by atoms with van der Waals surface area (Å²) in [5.74, 6) is 0.0137. The van der Waals surface area contributed by atoms with E-state index in [-0.39, 0.29) is 17.0 Å². The Balaban J connectivity index is 1.87. The largest absolute Gasteiger partial charge is 0.298 e. The van der Waals surface area contributed by atoms with Gasteiger partial charge in [-0.3, -0.25) is 4.79 Å². The van der Waals surface area contributed by atoms with Crippen LogP contribution in [-0.4, -0.2) is 5.78 Å². The number of ketones is 1.